The summed E-state index contributed by atoms with van der Waals surface area (Å²) in [5, 5.41) is 18.1. The second kappa shape index (κ2) is 9.08. The summed E-state index contributed by atoms with van der Waals surface area (Å²) in [5.41, 5.74) is 3.96. The number of aryl methyl sites for hydroxylation is 2. The van der Waals surface area contributed by atoms with Crippen LogP contribution in [-0.4, -0.2) is 50.6 Å². The molecule has 1 atom stereocenters. The highest BCUT2D eigenvalue weighted by atomic mass is 32.2. The van der Waals surface area contributed by atoms with Crippen LogP contribution >= 0.6 is 11.8 Å². The summed E-state index contributed by atoms with van der Waals surface area (Å²) in [6.07, 6.45) is 0.579. The van der Waals surface area contributed by atoms with Crippen LogP contribution in [-0.2, 0) is 9.53 Å². The van der Waals surface area contributed by atoms with E-state index in [0.717, 1.165) is 16.8 Å². The molecule has 1 aliphatic rings. The Kier molecular flexibility index (Phi) is 6.53. The number of urea groups is 1. The summed E-state index contributed by atoms with van der Waals surface area (Å²) in [6, 6.07) is 5.25. The second-order valence-electron chi connectivity index (χ2n) is 6.57. The van der Waals surface area contributed by atoms with E-state index in [4.69, 9.17) is 4.74 Å². The zero-order valence-electron chi connectivity index (χ0n) is 16.9. The number of hydrogen-bond acceptors (Lipinski definition) is 7. The smallest absolute Gasteiger partial charge is 0.337 e. The van der Waals surface area contributed by atoms with Crippen LogP contribution in [0.1, 0.15) is 31.4 Å². The molecule has 2 aromatic rings. The zero-order valence-corrected chi connectivity index (χ0v) is 17.7. The predicted octanol–water partition coefficient (Wildman–Crippen LogP) is 2.28. The lowest BCUT2D eigenvalue weighted by molar-refractivity contribution is -0.139. The number of tetrazole rings is 1. The van der Waals surface area contributed by atoms with Crippen molar-refractivity contribution in [2.24, 2.45) is 0 Å². The molecule has 1 aromatic carbocycles. The Balaban J connectivity index is 1.91. The fourth-order valence-corrected chi connectivity index (χ4v) is 4.11. The highest BCUT2D eigenvalue weighted by Crippen LogP contribution is 2.26. The Morgan fingerprint density at radius 3 is 2.66 bits per heavy atom. The minimum atomic E-state index is -0.434. The molecular formula is C19H24N6O3S. The highest BCUT2D eigenvalue weighted by molar-refractivity contribution is 7.99. The number of hydrogen-bond donors (Lipinski definition) is 2. The molecule has 2 N–H and O–H groups in total. The number of rotatable bonds is 7. The molecule has 1 aromatic heterocycles. The molecule has 0 saturated heterocycles. The summed E-state index contributed by atoms with van der Waals surface area (Å²) < 4.78 is 6.88. The lowest BCUT2D eigenvalue weighted by Gasteiger charge is -2.28. The van der Waals surface area contributed by atoms with Crippen molar-refractivity contribution < 1.29 is 14.3 Å². The molecule has 1 aliphatic heterocycles. The van der Waals surface area contributed by atoms with Crippen molar-refractivity contribution in [3.8, 4) is 5.69 Å². The third-order valence-electron chi connectivity index (χ3n) is 4.58. The van der Waals surface area contributed by atoms with Crippen molar-refractivity contribution in [2.75, 3.05) is 12.4 Å². The summed E-state index contributed by atoms with van der Waals surface area (Å²) >= 11 is 1.34. The zero-order chi connectivity index (χ0) is 21.0. The van der Waals surface area contributed by atoms with Gasteiger partial charge in [0.2, 0.25) is 5.16 Å². The molecule has 2 amide bonds. The molecule has 0 spiro atoms. The monoisotopic (exact) mass is 416 g/mol. The van der Waals surface area contributed by atoms with Crippen molar-refractivity contribution in [2.45, 2.75) is 45.3 Å². The predicted molar refractivity (Wildman–Crippen MR) is 109 cm³/mol. The SMILES string of the molecule is CCOC(=O)C1=C(CSc2nnnn2-c2c(C)cccc2C)NC(=O)NC1CC. The Morgan fingerprint density at radius 2 is 2.00 bits per heavy atom. The van der Waals surface area contributed by atoms with Gasteiger partial charge in [0.05, 0.1) is 23.9 Å². The molecule has 0 radical (unpaired) electrons. The largest absolute Gasteiger partial charge is 0.463 e. The van der Waals surface area contributed by atoms with Gasteiger partial charge in [-0.25, -0.2) is 9.59 Å². The van der Waals surface area contributed by atoms with Crippen LogP contribution in [0.2, 0.25) is 0 Å². The molecule has 9 nitrogen and oxygen atoms in total. The van der Waals surface area contributed by atoms with Gasteiger partial charge in [0.25, 0.3) is 0 Å². The van der Waals surface area contributed by atoms with E-state index >= 15 is 0 Å². The maximum Gasteiger partial charge on any atom is 0.337 e. The number of nitrogens with one attached hydrogen (secondary N) is 2. The fraction of sp³-hybridized carbons (Fsp3) is 0.421. The number of nitrogens with zero attached hydrogens (tertiary/aromatic N) is 4. The van der Waals surface area contributed by atoms with Gasteiger partial charge in [-0.2, -0.15) is 4.68 Å². The molecule has 10 heteroatoms. The Hall–Kier alpha value is -2.88. The van der Waals surface area contributed by atoms with Crippen molar-refractivity contribution in [3.63, 3.8) is 0 Å². The van der Waals surface area contributed by atoms with Gasteiger partial charge in [0, 0.05) is 11.4 Å². The van der Waals surface area contributed by atoms with Gasteiger partial charge in [0.15, 0.2) is 0 Å². The molecule has 154 valence electrons. The summed E-state index contributed by atoms with van der Waals surface area (Å²) in [5.74, 6) is -0.111. The number of amides is 2. The van der Waals surface area contributed by atoms with Gasteiger partial charge in [-0.15, -0.1) is 5.10 Å². The van der Waals surface area contributed by atoms with E-state index in [2.05, 4.69) is 26.2 Å². The number of aromatic nitrogens is 4. The molecule has 29 heavy (non-hydrogen) atoms. The number of carbonyl (C=O) groups excluding carboxylic acids is 2. The molecule has 0 bridgehead atoms. The standard InChI is InChI=1S/C19H24N6O3S/c1-5-13-15(17(26)28-6-2)14(21-18(27)20-13)10-29-19-22-23-24-25(19)16-11(3)8-7-9-12(16)4/h7-9,13H,5-6,10H2,1-4H3,(H2,20,21,27). The van der Waals surface area contributed by atoms with Crippen molar-refractivity contribution >= 4 is 23.8 Å². The maximum atomic E-state index is 12.5. The fourth-order valence-electron chi connectivity index (χ4n) is 3.26. The first-order valence-corrected chi connectivity index (χ1v) is 10.4. The molecule has 2 heterocycles. The van der Waals surface area contributed by atoms with Crippen LogP contribution in [0.3, 0.4) is 0 Å². The molecule has 0 fully saturated rings. The van der Waals surface area contributed by atoms with E-state index in [1.807, 2.05) is 39.0 Å². The maximum absolute atomic E-state index is 12.5. The Labute approximate surface area is 173 Å². The number of carbonyl (C=O) groups is 2. The van der Waals surface area contributed by atoms with E-state index < -0.39 is 12.0 Å². The van der Waals surface area contributed by atoms with Gasteiger partial charge < -0.3 is 15.4 Å². The average molecular weight is 417 g/mol. The van der Waals surface area contributed by atoms with Gasteiger partial charge in [-0.05, 0) is 48.7 Å². The minimum absolute atomic E-state index is 0.262. The molecule has 0 saturated carbocycles. The first kappa shape index (κ1) is 20.8. The lowest BCUT2D eigenvalue weighted by atomic mass is 10.0. The lowest BCUT2D eigenvalue weighted by Crippen LogP contribution is -2.50. The van der Waals surface area contributed by atoms with Gasteiger partial charge in [-0.3, -0.25) is 0 Å². The highest BCUT2D eigenvalue weighted by Gasteiger charge is 2.31. The van der Waals surface area contributed by atoms with Crippen LogP contribution in [0.15, 0.2) is 34.6 Å². The van der Waals surface area contributed by atoms with E-state index in [9.17, 15) is 9.59 Å². The Morgan fingerprint density at radius 1 is 1.28 bits per heavy atom. The van der Waals surface area contributed by atoms with Crippen LogP contribution in [0.5, 0.6) is 0 Å². The number of ether oxygens (including phenoxy) is 1. The van der Waals surface area contributed by atoms with Crippen molar-refractivity contribution in [1.29, 1.82) is 0 Å². The van der Waals surface area contributed by atoms with E-state index in [-0.39, 0.29) is 12.6 Å². The third-order valence-corrected chi connectivity index (χ3v) is 5.53. The molecular weight excluding hydrogens is 392 g/mol. The minimum Gasteiger partial charge on any atom is -0.463 e. The number of thioether (sulfide) groups is 1. The number of para-hydroxylation sites is 1. The van der Waals surface area contributed by atoms with Gasteiger partial charge in [0.1, 0.15) is 0 Å². The molecule has 1 unspecified atom stereocenters. The average Bonchev–Trinajstić information content (AvgIpc) is 3.14. The second-order valence-corrected chi connectivity index (χ2v) is 7.52. The van der Waals surface area contributed by atoms with Gasteiger partial charge in [-0.1, -0.05) is 36.9 Å². The van der Waals surface area contributed by atoms with E-state index in [1.54, 1.807) is 11.6 Å². The summed E-state index contributed by atoms with van der Waals surface area (Å²) in [4.78, 5) is 24.5. The first-order valence-electron chi connectivity index (χ1n) is 9.41. The third kappa shape index (κ3) is 4.42. The van der Waals surface area contributed by atoms with Crippen molar-refractivity contribution in [1.82, 2.24) is 30.8 Å². The molecule has 0 aliphatic carbocycles. The van der Waals surface area contributed by atoms with Crippen LogP contribution in [0.25, 0.3) is 5.69 Å². The summed E-state index contributed by atoms with van der Waals surface area (Å²) in [6.45, 7) is 7.92. The van der Waals surface area contributed by atoms with Crippen LogP contribution in [0, 0.1) is 13.8 Å². The van der Waals surface area contributed by atoms with E-state index in [0.29, 0.717) is 28.6 Å². The normalized spacial score (nSPS) is 16.4. The van der Waals surface area contributed by atoms with Crippen LogP contribution < -0.4 is 10.6 Å². The Bertz CT molecular complexity index is 935. The van der Waals surface area contributed by atoms with Gasteiger partial charge >= 0.3 is 12.0 Å². The number of esters is 1. The first-order chi connectivity index (χ1) is 14.0. The van der Waals surface area contributed by atoms with E-state index in [1.165, 1.54) is 11.8 Å². The quantitative estimate of drug-likeness (QED) is 0.526. The topological polar surface area (TPSA) is 111 Å². The van der Waals surface area contributed by atoms with Crippen molar-refractivity contribution in [3.05, 3.63) is 40.6 Å². The summed E-state index contributed by atoms with van der Waals surface area (Å²) in [7, 11) is 0. The van der Waals surface area contributed by atoms with Crippen LogP contribution in [0.4, 0.5) is 4.79 Å². The number of benzene rings is 1. The molecule has 3 rings (SSSR count).